The van der Waals surface area contributed by atoms with Crippen molar-refractivity contribution in [2.45, 2.75) is 26.8 Å². The summed E-state index contributed by atoms with van der Waals surface area (Å²) in [4.78, 5) is 59.3. The molecule has 1 N–H and O–H groups in total. The van der Waals surface area contributed by atoms with E-state index in [1.54, 1.807) is 44.2 Å². The van der Waals surface area contributed by atoms with Gasteiger partial charge in [-0.05, 0) is 56.8 Å². The smallest absolute Gasteiger partial charge is 0.338 e. The fourth-order valence-electron chi connectivity index (χ4n) is 4.58. The molecule has 11 heteroatoms. The lowest BCUT2D eigenvalue weighted by molar-refractivity contribution is -0.139. The number of nitrogens with zero attached hydrogens (tertiary/aromatic N) is 3. The minimum atomic E-state index is -1.29. The molecule has 1 fully saturated rings. The van der Waals surface area contributed by atoms with Gasteiger partial charge in [-0.1, -0.05) is 59.4 Å². The molecule has 2 atom stereocenters. The van der Waals surface area contributed by atoms with Crippen molar-refractivity contribution in [2.75, 3.05) is 11.5 Å². The van der Waals surface area contributed by atoms with E-state index in [1.165, 1.54) is 15.5 Å². The van der Waals surface area contributed by atoms with Crippen LogP contribution in [0.25, 0.3) is 6.08 Å². The number of thiazole rings is 1. The number of thiocarbonyl (C=S) groups is 1. The summed E-state index contributed by atoms with van der Waals surface area (Å²) in [5.41, 5.74) is 2.44. The first-order valence-corrected chi connectivity index (χ1v) is 13.4. The largest absolute Gasteiger partial charge is 0.463 e. The lowest BCUT2D eigenvalue weighted by Crippen LogP contribution is -2.58. The van der Waals surface area contributed by atoms with E-state index in [0.29, 0.717) is 21.7 Å². The highest BCUT2D eigenvalue weighted by Crippen LogP contribution is 2.31. The van der Waals surface area contributed by atoms with Crippen molar-refractivity contribution < 1.29 is 19.1 Å². The van der Waals surface area contributed by atoms with Crippen molar-refractivity contribution in [1.29, 1.82) is 0 Å². The van der Waals surface area contributed by atoms with Gasteiger partial charge in [-0.15, -0.1) is 0 Å². The number of esters is 1. The van der Waals surface area contributed by atoms with Crippen LogP contribution >= 0.6 is 23.6 Å². The van der Waals surface area contributed by atoms with Crippen LogP contribution in [0.5, 0.6) is 0 Å². The zero-order chi connectivity index (χ0) is 27.8. The number of benzene rings is 2. The number of allylic oxidation sites excluding steroid dienone is 1. The van der Waals surface area contributed by atoms with Crippen LogP contribution in [0.2, 0.25) is 0 Å². The number of nitrogens with one attached hydrogen (secondary N) is 1. The Morgan fingerprint density at radius 1 is 1.10 bits per heavy atom. The summed E-state index contributed by atoms with van der Waals surface area (Å²) < 4.78 is 6.88. The summed E-state index contributed by atoms with van der Waals surface area (Å²) in [6, 6.07) is 15.4. The van der Waals surface area contributed by atoms with Crippen molar-refractivity contribution in [3.63, 3.8) is 0 Å². The Morgan fingerprint density at radius 2 is 1.79 bits per heavy atom. The van der Waals surface area contributed by atoms with Gasteiger partial charge in [0, 0.05) is 0 Å². The van der Waals surface area contributed by atoms with Crippen molar-refractivity contribution in [1.82, 2.24) is 9.88 Å². The fourth-order valence-corrected chi connectivity index (χ4v) is 5.93. The van der Waals surface area contributed by atoms with Gasteiger partial charge < -0.3 is 10.1 Å². The van der Waals surface area contributed by atoms with Crippen LogP contribution in [0.15, 0.2) is 75.7 Å². The topological polar surface area (TPSA) is 110 Å². The standard InChI is InChI=1S/C28H24N4O5S2/c1-4-37-26(36)21-16(3)29-28-32(22(21)17-12-10-15(2)11-13-17)25(35)20(39-28)14-19-23(33)30-27(38)31(24(19)34)18-8-6-5-7-9-18/h5-14,19,22H,4H2,1-3H3,(H,30,33,38)/b20-14+/t19-,22+/m0/s1. The lowest BCUT2D eigenvalue weighted by Gasteiger charge is -2.31. The van der Waals surface area contributed by atoms with E-state index in [4.69, 9.17) is 17.0 Å². The number of fused-ring (bicyclic) bond motifs is 1. The average Bonchev–Trinajstić information content (AvgIpc) is 3.21. The van der Waals surface area contributed by atoms with Gasteiger partial charge in [-0.3, -0.25) is 23.9 Å². The van der Waals surface area contributed by atoms with E-state index >= 15 is 0 Å². The van der Waals surface area contributed by atoms with Crippen LogP contribution in [0.4, 0.5) is 5.69 Å². The highest BCUT2D eigenvalue weighted by atomic mass is 32.1. The molecule has 9 nitrogen and oxygen atoms in total. The van der Waals surface area contributed by atoms with Crippen LogP contribution in [0.3, 0.4) is 0 Å². The van der Waals surface area contributed by atoms with Crippen molar-refractivity contribution in [3.8, 4) is 0 Å². The number of aromatic nitrogens is 1. The number of amides is 2. The zero-order valence-corrected chi connectivity index (χ0v) is 23.0. The minimum absolute atomic E-state index is 0.0311. The van der Waals surface area contributed by atoms with Gasteiger partial charge >= 0.3 is 5.97 Å². The molecule has 0 spiro atoms. The minimum Gasteiger partial charge on any atom is -0.463 e. The molecule has 0 bridgehead atoms. The molecule has 0 aliphatic carbocycles. The van der Waals surface area contributed by atoms with Crippen LogP contribution < -0.4 is 25.1 Å². The zero-order valence-electron chi connectivity index (χ0n) is 21.3. The van der Waals surface area contributed by atoms with Gasteiger partial charge in [0.1, 0.15) is 5.92 Å². The molecule has 0 unspecified atom stereocenters. The SMILES string of the molecule is CCOC(=O)C1=C(C)N=c2s/c(=C/[C@H]3C(=O)NC(=S)N(c4ccccc4)C3=O)c(=O)n2[C@@H]1c1ccc(C)cc1. The third-order valence-corrected chi connectivity index (χ3v) is 7.73. The maximum absolute atomic E-state index is 13.8. The highest BCUT2D eigenvalue weighted by Gasteiger charge is 2.39. The van der Waals surface area contributed by atoms with E-state index in [2.05, 4.69) is 10.3 Å². The molecule has 0 saturated carbocycles. The molecule has 2 aromatic carbocycles. The third-order valence-electron chi connectivity index (χ3n) is 6.44. The van der Waals surface area contributed by atoms with Gasteiger partial charge in [0.05, 0.1) is 34.1 Å². The lowest BCUT2D eigenvalue weighted by atomic mass is 9.95. The first-order chi connectivity index (χ1) is 18.7. The van der Waals surface area contributed by atoms with Crippen LogP contribution in [-0.4, -0.2) is 34.1 Å². The van der Waals surface area contributed by atoms with Crippen LogP contribution in [-0.2, 0) is 19.1 Å². The summed E-state index contributed by atoms with van der Waals surface area (Å²) >= 11 is 6.31. The molecule has 2 aliphatic rings. The number of hydrogen-bond acceptors (Lipinski definition) is 8. The number of carbonyl (C=O) groups excluding carboxylic acids is 3. The second kappa shape index (κ2) is 10.5. The van der Waals surface area contributed by atoms with Gasteiger partial charge in [0.2, 0.25) is 11.8 Å². The number of aryl methyl sites for hydroxylation is 1. The van der Waals surface area contributed by atoms with E-state index in [-0.39, 0.29) is 21.8 Å². The Bertz CT molecular complexity index is 1720. The van der Waals surface area contributed by atoms with Gasteiger partial charge in [-0.2, -0.15) is 0 Å². The number of rotatable bonds is 5. The Kier molecular flexibility index (Phi) is 7.11. The molecule has 2 aliphatic heterocycles. The summed E-state index contributed by atoms with van der Waals surface area (Å²) in [5.74, 6) is -3.05. The van der Waals surface area contributed by atoms with Gasteiger partial charge in [0.15, 0.2) is 9.91 Å². The summed E-state index contributed by atoms with van der Waals surface area (Å²) in [7, 11) is 0. The van der Waals surface area contributed by atoms with E-state index < -0.39 is 35.3 Å². The van der Waals surface area contributed by atoms with Gasteiger partial charge in [-0.25, -0.2) is 9.79 Å². The predicted octanol–water partition coefficient (Wildman–Crippen LogP) is 2.12. The van der Waals surface area contributed by atoms with Crippen LogP contribution in [0, 0.1) is 12.8 Å². The van der Waals surface area contributed by atoms with Crippen molar-refractivity contribution >= 4 is 58.2 Å². The Hall–Kier alpha value is -4.22. The Labute approximate surface area is 232 Å². The quantitative estimate of drug-likeness (QED) is 0.291. The Balaban J connectivity index is 1.65. The average molecular weight is 561 g/mol. The molecule has 1 saturated heterocycles. The van der Waals surface area contributed by atoms with E-state index in [0.717, 1.165) is 16.9 Å². The highest BCUT2D eigenvalue weighted by molar-refractivity contribution is 7.80. The molecule has 3 heterocycles. The number of anilines is 1. The summed E-state index contributed by atoms with van der Waals surface area (Å²) in [5, 5.41) is 2.53. The van der Waals surface area contributed by atoms with E-state index in [9.17, 15) is 19.2 Å². The molecule has 0 radical (unpaired) electrons. The molecule has 2 amide bonds. The number of hydrogen-bond donors (Lipinski definition) is 1. The summed E-state index contributed by atoms with van der Waals surface area (Å²) in [6.07, 6.45) is 1.34. The molecule has 39 heavy (non-hydrogen) atoms. The predicted molar refractivity (Wildman–Crippen MR) is 151 cm³/mol. The number of para-hydroxylation sites is 1. The molecule has 1 aromatic heterocycles. The molecular formula is C28H24N4O5S2. The van der Waals surface area contributed by atoms with Crippen molar-refractivity contribution in [3.05, 3.63) is 96.7 Å². The monoisotopic (exact) mass is 560 g/mol. The molecule has 5 rings (SSSR count). The summed E-state index contributed by atoms with van der Waals surface area (Å²) in [6.45, 7) is 5.51. The van der Waals surface area contributed by atoms with Crippen LogP contribution in [0.1, 0.15) is 31.0 Å². The normalized spacial score (nSPS) is 19.5. The maximum Gasteiger partial charge on any atom is 0.338 e. The number of carbonyl (C=O) groups is 3. The first-order valence-electron chi connectivity index (χ1n) is 12.2. The Morgan fingerprint density at radius 3 is 2.46 bits per heavy atom. The second-order valence-corrected chi connectivity index (χ2v) is 10.4. The molecular weight excluding hydrogens is 536 g/mol. The second-order valence-electron chi connectivity index (χ2n) is 9.02. The maximum atomic E-state index is 13.8. The van der Waals surface area contributed by atoms with Crippen molar-refractivity contribution in [2.24, 2.45) is 10.9 Å². The molecule has 3 aromatic rings. The van der Waals surface area contributed by atoms with E-state index in [1.807, 2.05) is 31.2 Å². The number of ether oxygens (including phenoxy) is 1. The fraction of sp³-hybridized carbons (Fsp3) is 0.214. The third kappa shape index (κ3) is 4.75. The van der Waals surface area contributed by atoms with Gasteiger partial charge in [0.25, 0.3) is 5.56 Å². The first kappa shape index (κ1) is 26.4. The molecule has 198 valence electrons.